The molecule has 0 spiro atoms. The van der Waals surface area contributed by atoms with Crippen LogP contribution < -0.4 is 4.72 Å². The van der Waals surface area contributed by atoms with Crippen molar-refractivity contribution < 1.29 is 35.5 Å². The van der Waals surface area contributed by atoms with E-state index in [9.17, 15) is 30.8 Å². The minimum atomic E-state index is -4.97. The van der Waals surface area contributed by atoms with E-state index in [1.54, 1.807) is 6.92 Å². The van der Waals surface area contributed by atoms with Gasteiger partial charge in [-0.15, -0.1) is 0 Å². The second-order valence-electron chi connectivity index (χ2n) is 8.82. The van der Waals surface area contributed by atoms with Gasteiger partial charge in [0.05, 0.1) is 17.1 Å². The summed E-state index contributed by atoms with van der Waals surface area (Å²) in [4.78, 5) is 10.7. The van der Waals surface area contributed by atoms with Crippen molar-refractivity contribution in [3.8, 4) is 11.1 Å². The lowest BCUT2D eigenvalue weighted by atomic mass is 10.0. The number of carbonyl (C=O) groups excluding carboxylic acids is 1. The minimum Gasteiger partial charge on any atom is -0.466 e. The van der Waals surface area contributed by atoms with Crippen molar-refractivity contribution in [2.24, 2.45) is 0 Å². The molecule has 0 fully saturated rings. The number of alkyl halides is 3. The van der Waals surface area contributed by atoms with Crippen molar-refractivity contribution in [3.63, 3.8) is 0 Å². The third-order valence-corrected chi connectivity index (χ3v) is 7.79. The number of carbonyl (C=O) groups is 1. The molecule has 0 aromatic heterocycles. The number of fused-ring (bicyclic) bond motifs is 1. The number of hydrogen-bond acceptors (Lipinski definition) is 4. The lowest BCUT2D eigenvalue weighted by molar-refractivity contribution is -0.143. The zero-order valence-electron chi connectivity index (χ0n) is 19.9. The highest BCUT2D eigenvalue weighted by atomic mass is 32.2. The third kappa shape index (κ3) is 6.19. The molecule has 0 radical (unpaired) electrons. The number of nitrogens with one attached hydrogen (secondary N) is 1. The summed E-state index contributed by atoms with van der Waals surface area (Å²) in [6.45, 7) is 2.02. The quantitative estimate of drug-likeness (QED) is 0.308. The molecular weight excluding hydrogens is 510 g/mol. The largest absolute Gasteiger partial charge is 0.466 e. The fraction of sp³-hybridized carbons (Fsp3) is 0.296. The summed E-state index contributed by atoms with van der Waals surface area (Å²) < 4.78 is 89.4. The molecule has 1 unspecified atom stereocenters. The molecular formula is C27H25F4NO4S. The van der Waals surface area contributed by atoms with Crippen LogP contribution >= 0.6 is 0 Å². The van der Waals surface area contributed by atoms with Crippen LogP contribution in [0, 0.1) is 5.82 Å². The maximum Gasteiger partial charge on any atom is 0.417 e. The number of halogens is 4. The van der Waals surface area contributed by atoms with Gasteiger partial charge in [-0.2, -0.15) is 13.2 Å². The summed E-state index contributed by atoms with van der Waals surface area (Å²) in [6.07, 6.45) is -3.67. The van der Waals surface area contributed by atoms with Gasteiger partial charge in [0.2, 0.25) is 10.0 Å². The molecule has 1 aliphatic carbocycles. The molecule has 0 saturated carbocycles. The van der Waals surface area contributed by atoms with Crippen molar-refractivity contribution in [1.82, 2.24) is 4.72 Å². The van der Waals surface area contributed by atoms with E-state index in [2.05, 4.69) is 4.72 Å². The lowest BCUT2D eigenvalue weighted by Crippen LogP contribution is -2.36. The van der Waals surface area contributed by atoms with E-state index >= 15 is 0 Å². The van der Waals surface area contributed by atoms with Crippen LogP contribution in [0.1, 0.15) is 35.6 Å². The van der Waals surface area contributed by atoms with Crippen LogP contribution in [0.15, 0.2) is 65.6 Å². The maximum absolute atomic E-state index is 14.2. The first-order valence-electron chi connectivity index (χ1n) is 11.7. The zero-order chi connectivity index (χ0) is 26.8. The van der Waals surface area contributed by atoms with Crippen LogP contribution in [0.5, 0.6) is 0 Å². The third-order valence-electron chi connectivity index (χ3n) is 6.21. The Bertz CT molecular complexity index is 1420. The summed E-state index contributed by atoms with van der Waals surface area (Å²) in [5.74, 6) is -1.02. The average molecular weight is 536 g/mol. The second-order valence-corrected chi connectivity index (χ2v) is 10.5. The monoisotopic (exact) mass is 535 g/mol. The predicted octanol–water partition coefficient (Wildman–Crippen LogP) is 5.45. The van der Waals surface area contributed by atoms with Gasteiger partial charge < -0.3 is 4.74 Å². The molecule has 5 nitrogen and oxygen atoms in total. The molecule has 1 aliphatic rings. The SMILES string of the molecule is CCOC(=O)CCc1ccc2c(c1)CC(NS(=O)(=O)c1ccc(-c3ccccc3F)cc1C(F)(F)F)C2. The van der Waals surface area contributed by atoms with Crippen molar-refractivity contribution in [3.05, 3.63) is 88.7 Å². The summed E-state index contributed by atoms with van der Waals surface area (Å²) in [5.41, 5.74) is 1.15. The van der Waals surface area contributed by atoms with Crippen LogP contribution in [0.2, 0.25) is 0 Å². The van der Waals surface area contributed by atoms with Crippen molar-refractivity contribution in [2.45, 2.75) is 49.7 Å². The highest BCUT2D eigenvalue weighted by Gasteiger charge is 2.38. The Balaban J connectivity index is 1.54. The van der Waals surface area contributed by atoms with Crippen molar-refractivity contribution >= 4 is 16.0 Å². The van der Waals surface area contributed by atoms with Gasteiger partial charge in [-0.3, -0.25) is 4.79 Å². The minimum absolute atomic E-state index is 0.0603. The number of benzene rings is 3. The highest BCUT2D eigenvalue weighted by Crippen LogP contribution is 2.38. The van der Waals surface area contributed by atoms with Gasteiger partial charge in [-0.05, 0) is 66.6 Å². The molecule has 37 heavy (non-hydrogen) atoms. The normalized spacial score (nSPS) is 15.4. The van der Waals surface area contributed by atoms with E-state index in [0.29, 0.717) is 31.9 Å². The summed E-state index contributed by atoms with van der Waals surface area (Å²) in [7, 11) is -4.55. The number of rotatable bonds is 8. The Labute approximate surface area is 212 Å². The fourth-order valence-corrected chi connectivity index (χ4v) is 5.97. The molecule has 1 atom stereocenters. The van der Waals surface area contributed by atoms with E-state index in [0.717, 1.165) is 28.8 Å². The summed E-state index contributed by atoms with van der Waals surface area (Å²) >= 11 is 0. The molecule has 0 bridgehead atoms. The van der Waals surface area contributed by atoms with E-state index in [4.69, 9.17) is 4.74 Å². The van der Waals surface area contributed by atoms with Crippen LogP contribution in [-0.2, 0) is 45.0 Å². The number of esters is 1. The standard InChI is InChI=1S/C27H25F4NO4S/c1-2-36-26(33)12-8-17-7-9-18-14-21(15-20(18)13-17)32-37(34,35)25-11-10-19(16-23(25)27(29,30)31)22-5-3-4-6-24(22)28/h3-7,9-11,13,16,21,32H,2,8,12,14-15H2,1H3. The van der Waals surface area contributed by atoms with E-state index in [1.807, 2.05) is 18.2 Å². The van der Waals surface area contributed by atoms with Gasteiger partial charge in [0.1, 0.15) is 5.82 Å². The number of aryl methyl sites for hydroxylation is 1. The van der Waals surface area contributed by atoms with E-state index < -0.39 is 38.5 Å². The number of ether oxygens (including phenoxy) is 1. The van der Waals surface area contributed by atoms with Gasteiger partial charge >= 0.3 is 12.1 Å². The fourth-order valence-electron chi connectivity index (χ4n) is 4.52. The Morgan fingerprint density at radius 3 is 2.46 bits per heavy atom. The first-order valence-corrected chi connectivity index (χ1v) is 13.2. The molecule has 10 heteroatoms. The van der Waals surface area contributed by atoms with Gasteiger partial charge in [-0.25, -0.2) is 17.5 Å². The Hall–Kier alpha value is -3.24. The molecule has 0 aliphatic heterocycles. The van der Waals surface area contributed by atoms with Crippen molar-refractivity contribution in [1.29, 1.82) is 0 Å². The predicted molar refractivity (Wildman–Crippen MR) is 130 cm³/mol. The molecule has 196 valence electrons. The smallest absolute Gasteiger partial charge is 0.417 e. The lowest BCUT2D eigenvalue weighted by Gasteiger charge is -2.18. The van der Waals surface area contributed by atoms with Gasteiger partial charge in [0, 0.05) is 18.0 Å². The maximum atomic E-state index is 14.2. The second kappa shape index (κ2) is 10.6. The average Bonchev–Trinajstić information content (AvgIpc) is 3.23. The van der Waals surface area contributed by atoms with E-state index in [1.165, 1.54) is 24.3 Å². The zero-order valence-corrected chi connectivity index (χ0v) is 20.8. The first-order chi connectivity index (χ1) is 17.5. The van der Waals surface area contributed by atoms with Gasteiger partial charge in [0.25, 0.3) is 0 Å². The Morgan fingerprint density at radius 1 is 1.03 bits per heavy atom. The van der Waals surface area contributed by atoms with Crippen molar-refractivity contribution in [2.75, 3.05) is 6.61 Å². The Kier molecular flexibility index (Phi) is 7.70. The molecule has 0 saturated heterocycles. The summed E-state index contributed by atoms with van der Waals surface area (Å²) in [6, 6.07) is 13.0. The Morgan fingerprint density at radius 2 is 1.76 bits per heavy atom. The first kappa shape index (κ1) is 26.8. The highest BCUT2D eigenvalue weighted by molar-refractivity contribution is 7.89. The number of sulfonamides is 1. The summed E-state index contributed by atoms with van der Waals surface area (Å²) in [5, 5.41) is 0. The molecule has 3 aromatic carbocycles. The molecule has 0 amide bonds. The molecule has 4 rings (SSSR count). The van der Waals surface area contributed by atoms with Gasteiger partial charge in [0.15, 0.2) is 0 Å². The topological polar surface area (TPSA) is 72.5 Å². The van der Waals surface area contributed by atoms with E-state index in [-0.39, 0.29) is 23.5 Å². The van der Waals surface area contributed by atoms with Crippen LogP contribution in [0.4, 0.5) is 17.6 Å². The molecule has 1 N–H and O–H groups in total. The number of hydrogen-bond donors (Lipinski definition) is 1. The molecule has 0 heterocycles. The van der Waals surface area contributed by atoms with Crippen LogP contribution in [-0.4, -0.2) is 27.0 Å². The van der Waals surface area contributed by atoms with Gasteiger partial charge in [-0.1, -0.05) is 42.5 Å². The molecule has 3 aromatic rings. The van der Waals surface area contributed by atoms with Crippen LogP contribution in [0.25, 0.3) is 11.1 Å². The van der Waals surface area contributed by atoms with Crippen LogP contribution in [0.3, 0.4) is 0 Å².